The fraction of sp³-hybridized carbons (Fsp3) is 0.435. The molecule has 0 spiro atoms. The number of carbonyl (C=O) groups is 1. The summed E-state index contributed by atoms with van der Waals surface area (Å²) >= 11 is 0. The topological polar surface area (TPSA) is 57.7 Å². The van der Waals surface area contributed by atoms with E-state index in [0.29, 0.717) is 13.1 Å². The first-order chi connectivity index (χ1) is 14.4. The van der Waals surface area contributed by atoms with Crippen molar-refractivity contribution in [2.24, 2.45) is 0 Å². The molecule has 1 amide bonds. The second-order valence-corrected chi connectivity index (χ2v) is 9.99. The van der Waals surface area contributed by atoms with Crippen LogP contribution in [0.15, 0.2) is 53.4 Å². The van der Waals surface area contributed by atoms with Crippen molar-refractivity contribution in [1.82, 2.24) is 9.21 Å². The molecule has 0 bridgehead atoms. The number of nitrogens with zero attached hydrogens (tertiary/aromatic N) is 2. The van der Waals surface area contributed by atoms with E-state index in [1.165, 1.54) is 5.56 Å². The molecule has 0 aliphatic carbocycles. The van der Waals surface area contributed by atoms with Crippen LogP contribution < -0.4 is 0 Å². The number of sulfonamides is 1. The number of rotatable bonds is 5. The van der Waals surface area contributed by atoms with Gasteiger partial charge in [0, 0.05) is 26.1 Å². The Bertz CT molecular complexity index is 1020. The molecule has 0 aromatic heterocycles. The van der Waals surface area contributed by atoms with Crippen LogP contribution in [0.5, 0.6) is 0 Å². The van der Waals surface area contributed by atoms with E-state index in [2.05, 4.69) is 6.92 Å². The number of hydrogen-bond donors (Lipinski definition) is 0. The van der Waals surface area contributed by atoms with Crippen LogP contribution in [-0.4, -0.2) is 48.8 Å². The van der Waals surface area contributed by atoms with Gasteiger partial charge in [-0.2, -0.15) is 4.31 Å². The number of amides is 1. The van der Waals surface area contributed by atoms with E-state index < -0.39 is 22.2 Å². The fourth-order valence-corrected chi connectivity index (χ4v) is 6.01. The van der Waals surface area contributed by atoms with E-state index in [1.54, 1.807) is 29.2 Å². The van der Waals surface area contributed by atoms with Gasteiger partial charge in [-0.15, -0.1) is 0 Å². The van der Waals surface area contributed by atoms with Crippen molar-refractivity contribution >= 4 is 15.9 Å². The van der Waals surface area contributed by atoms with Gasteiger partial charge in [-0.05, 0) is 41.7 Å². The molecule has 1 fully saturated rings. The standard InChI is InChI=1S/C23H27FN2O3S/c1-2-5-17-8-10-21(11-9-17)30(28,29)26-16-20(24)14-22(26)23(27)25-13-12-18-6-3-4-7-19(18)15-25/h3-4,6-11,20,22H,2,5,12-16H2,1H3/t20-,22-/m0/s1. The lowest BCUT2D eigenvalue weighted by molar-refractivity contribution is -0.135. The monoisotopic (exact) mass is 430 g/mol. The molecule has 0 saturated carbocycles. The van der Waals surface area contributed by atoms with Crippen LogP contribution in [-0.2, 0) is 34.2 Å². The summed E-state index contributed by atoms with van der Waals surface area (Å²) in [6, 6.07) is 13.6. The highest BCUT2D eigenvalue weighted by atomic mass is 32.2. The predicted molar refractivity (Wildman–Crippen MR) is 113 cm³/mol. The van der Waals surface area contributed by atoms with Crippen molar-refractivity contribution in [3.05, 3.63) is 65.2 Å². The van der Waals surface area contributed by atoms with Crippen LogP contribution >= 0.6 is 0 Å². The van der Waals surface area contributed by atoms with Gasteiger partial charge >= 0.3 is 0 Å². The molecular formula is C23H27FN2O3S. The Labute approximate surface area is 177 Å². The van der Waals surface area contributed by atoms with Crippen molar-refractivity contribution in [2.75, 3.05) is 13.1 Å². The maximum absolute atomic E-state index is 14.3. The minimum absolute atomic E-state index is 0.0931. The second-order valence-electron chi connectivity index (χ2n) is 8.10. The van der Waals surface area contributed by atoms with Gasteiger partial charge in [0.1, 0.15) is 12.2 Å². The van der Waals surface area contributed by atoms with E-state index in [-0.39, 0.29) is 23.8 Å². The van der Waals surface area contributed by atoms with Gasteiger partial charge in [-0.1, -0.05) is 49.7 Å². The molecule has 2 heterocycles. The summed E-state index contributed by atoms with van der Waals surface area (Å²) in [7, 11) is -3.95. The van der Waals surface area contributed by atoms with E-state index in [9.17, 15) is 17.6 Å². The number of alkyl halides is 1. The smallest absolute Gasteiger partial charge is 0.243 e. The number of hydrogen-bond acceptors (Lipinski definition) is 3. The first-order valence-corrected chi connectivity index (χ1v) is 11.9. The third-order valence-corrected chi connectivity index (χ3v) is 7.89. The van der Waals surface area contributed by atoms with Crippen molar-refractivity contribution < 1.29 is 17.6 Å². The minimum atomic E-state index is -3.95. The lowest BCUT2D eigenvalue weighted by Gasteiger charge is -2.33. The zero-order valence-corrected chi connectivity index (χ0v) is 17.9. The molecule has 5 nitrogen and oxygen atoms in total. The number of benzene rings is 2. The van der Waals surface area contributed by atoms with Crippen LogP contribution in [0.2, 0.25) is 0 Å². The Kier molecular flexibility index (Phi) is 5.93. The molecule has 30 heavy (non-hydrogen) atoms. The maximum atomic E-state index is 14.3. The largest absolute Gasteiger partial charge is 0.337 e. The van der Waals surface area contributed by atoms with Gasteiger partial charge in [0.25, 0.3) is 0 Å². The minimum Gasteiger partial charge on any atom is -0.337 e. The van der Waals surface area contributed by atoms with Crippen LogP contribution in [0.25, 0.3) is 0 Å². The summed E-state index contributed by atoms with van der Waals surface area (Å²) in [4.78, 5) is 15.0. The number of carbonyl (C=O) groups excluding carboxylic acids is 1. The highest BCUT2D eigenvalue weighted by Crippen LogP contribution is 2.30. The highest BCUT2D eigenvalue weighted by Gasteiger charge is 2.45. The first kappa shape index (κ1) is 21.0. The lowest BCUT2D eigenvalue weighted by atomic mass is 9.99. The van der Waals surface area contributed by atoms with Gasteiger partial charge in [0.2, 0.25) is 15.9 Å². The average Bonchev–Trinajstić information content (AvgIpc) is 3.16. The SMILES string of the molecule is CCCc1ccc(S(=O)(=O)N2C[C@@H](F)C[C@H]2C(=O)N2CCc3ccccc3C2)cc1. The van der Waals surface area contributed by atoms with Crippen LogP contribution in [0, 0.1) is 0 Å². The molecule has 4 rings (SSSR count). The van der Waals surface area contributed by atoms with Gasteiger partial charge in [-0.3, -0.25) is 4.79 Å². The zero-order valence-electron chi connectivity index (χ0n) is 17.1. The van der Waals surface area contributed by atoms with Gasteiger partial charge in [0.15, 0.2) is 0 Å². The third-order valence-electron chi connectivity index (χ3n) is 6.00. The molecule has 2 atom stereocenters. The Hall–Kier alpha value is -2.25. The molecule has 0 radical (unpaired) electrons. The van der Waals surface area contributed by atoms with E-state index >= 15 is 0 Å². The third kappa shape index (κ3) is 4.01. The van der Waals surface area contributed by atoms with Gasteiger partial charge in [0.05, 0.1) is 4.90 Å². The summed E-state index contributed by atoms with van der Waals surface area (Å²) in [6.45, 7) is 2.73. The summed E-state index contributed by atoms with van der Waals surface area (Å²) in [5.41, 5.74) is 3.32. The first-order valence-electron chi connectivity index (χ1n) is 10.5. The molecule has 160 valence electrons. The molecule has 2 aromatic rings. The van der Waals surface area contributed by atoms with Crippen LogP contribution in [0.1, 0.15) is 36.5 Å². The quantitative estimate of drug-likeness (QED) is 0.731. The van der Waals surface area contributed by atoms with E-state index in [1.807, 2.05) is 24.3 Å². The average molecular weight is 431 g/mol. The van der Waals surface area contributed by atoms with Crippen molar-refractivity contribution in [2.45, 2.75) is 56.3 Å². The highest BCUT2D eigenvalue weighted by molar-refractivity contribution is 7.89. The lowest BCUT2D eigenvalue weighted by Crippen LogP contribution is -2.49. The predicted octanol–water partition coefficient (Wildman–Crippen LogP) is 3.33. The fourth-order valence-electron chi connectivity index (χ4n) is 4.39. The van der Waals surface area contributed by atoms with E-state index in [0.717, 1.165) is 34.7 Å². The molecule has 1 saturated heterocycles. The van der Waals surface area contributed by atoms with Gasteiger partial charge < -0.3 is 4.90 Å². The maximum Gasteiger partial charge on any atom is 0.243 e. The Morgan fingerprint density at radius 1 is 1.10 bits per heavy atom. The molecule has 2 aromatic carbocycles. The number of fused-ring (bicyclic) bond motifs is 1. The van der Waals surface area contributed by atoms with Gasteiger partial charge in [-0.25, -0.2) is 12.8 Å². The van der Waals surface area contributed by atoms with Crippen LogP contribution in [0.4, 0.5) is 4.39 Å². The van der Waals surface area contributed by atoms with E-state index in [4.69, 9.17) is 0 Å². The molecule has 0 unspecified atom stereocenters. The molecule has 0 N–H and O–H groups in total. The molecule has 2 aliphatic rings. The molecule has 2 aliphatic heterocycles. The summed E-state index contributed by atoms with van der Waals surface area (Å²) in [5, 5.41) is 0. The van der Waals surface area contributed by atoms with Crippen molar-refractivity contribution in [1.29, 1.82) is 0 Å². The summed E-state index contributed by atoms with van der Waals surface area (Å²) < 4.78 is 41.9. The molecular weight excluding hydrogens is 403 g/mol. The second kappa shape index (κ2) is 8.47. The van der Waals surface area contributed by atoms with Crippen LogP contribution in [0.3, 0.4) is 0 Å². The Morgan fingerprint density at radius 2 is 1.80 bits per heavy atom. The van der Waals surface area contributed by atoms with Crippen molar-refractivity contribution in [3.8, 4) is 0 Å². The summed E-state index contributed by atoms with van der Waals surface area (Å²) in [5.74, 6) is -0.309. The van der Waals surface area contributed by atoms with Crippen molar-refractivity contribution in [3.63, 3.8) is 0 Å². The Morgan fingerprint density at radius 3 is 2.50 bits per heavy atom. The zero-order chi connectivity index (χ0) is 21.3. The molecule has 7 heteroatoms. The normalized spacial score (nSPS) is 22.1. The Balaban J connectivity index is 1.56. The number of aryl methyl sites for hydroxylation is 1. The number of halogens is 1. The summed E-state index contributed by atoms with van der Waals surface area (Å²) in [6.07, 6.45) is 1.12.